The number of piperidine rings is 1. The number of amides is 1. The third kappa shape index (κ3) is 6.68. The van der Waals surface area contributed by atoms with Gasteiger partial charge in [0.15, 0.2) is 0 Å². The van der Waals surface area contributed by atoms with Crippen LogP contribution in [0.1, 0.15) is 49.7 Å². The highest BCUT2D eigenvalue weighted by molar-refractivity contribution is 5.85. The molecule has 8 heteroatoms. The Labute approximate surface area is 158 Å². The molecule has 1 aromatic rings. The van der Waals surface area contributed by atoms with Gasteiger partial charge in [-0.25, -0.2) is 0 Å². The molecule has 0 bridgehead atoms. The van der Waals surface area contributed by atoms with Gasteiger partial charge in [-0.05, 0) is 55.5 Å². The quantitative estimate of drug-likeness (QED) is 0.689. The Bertz CT molecular complexity index is 576. The Morgan fingerprint density at radius 2 is 2.00 bits per heavy atom. The highest BCUT2D eigenvalue weighted by Gasteiger charge is 2.38. The summed E-state index contributed by atoms with van der Waals surface area (Å²) in [6.45, 7) is 4.38. The SMILES string of the molecule is CCCCOc1ccc(CNC(=O)C(F)(F)F)cc1C1CCNCC1.Cl. The molecule has 4 nitrogen and oxygen atoms in total. The van der Waals surface area contributed by atoms with Crippen LogP contribution < -0.4 is 15.4 Å². The number of ether oxygens (including phenoxy) is 1. The normalized spacial score (nSPS) is 15.2. The number of hydrogen-bond donors (Lipinski definition) is 2. The molecule has 0 aliphatic carbocycles. The maximum atomic E-state index is 12.3. The van der Waals surface area contributed by atoms with E-state index < -0.39 is 12.1 Å². The second-order valence-electron chi connectivity index (χ2n) is 6.28. The van der Waals surface area contributed by atoms with E-state index in [0.29, 0.717) is 18.1 Å². The summed E-state index contributed by atoms with van der Waals surface area (Å²) in [6, 6.07) is 5.39. The highest BCUT2D eigenvalue weighted by Crippen LogP contribution is 2.33. The number of benzene rings is 1. The van der Waals surface area contributed by atoms with Gasteiger partial charge in [-0.1, -0.05) is 25.5 Å². The summed E-state index contributed by atoms with van der Waals surface area (Å²) in [4.78, 5) is 11.0. The summed E-state index contributed by atoms with van der Waals surface area (Å²) in [6.07, 6.45) is -0.953. The molecule has 26 heavy (non-hydrogen) atoms. The standard InChI is InChI=1S/C18H25F3N2O2.ClH/c1-2-3-10-25-16-5-4-13(12-23-17(24)18(19,20)21)11-15(16)14-6-8-22-9-7-14;/h4-5,11,14,22H,2-3,6-10,12H2,1H3,(H,23,24);1H. The van der Waals surface area contributed by atoms with Crippen LogP contribution in [0.2, 0.25) is 0 Å². The van der Waals surface area contributed by atoms with Crippen LogP contribution in [0, 0.1) is 0 Å². The van der Waals surface area contributed by atoms with E-state index in [1.807, 2.05) is 17.4 Å². The molecular weight excluding hydrogens is 369 g/mol. The zero-order chi connectivity index (χ0) is 18.3. The van der Waals surface area contributed by atoms with Crippen molar-refractivity contribution in [1.82, 2.24) is 10.6 Å². The van der Waals surface area contributed by atoms with Crippen molar-refractivity contribution < 1.29 is 22.7 Å². The number of alkyl halides is 3. The first kappa shape index (κ1) is 22.6. The van der Waals surface area contributed by atoms with Gasteiger partial charge in [-0.2, -0.15) is 13.2 Å². The molecule has 2 rings (SSSR count). The number of carbonyl (C=O) groups is 1. The summed E-state index contributed by atoms with van der Waals surface area (Å²) in [7, 11) is 0. The summed E-state index contributed by atoms with van der Waals surface area (Å²) in [5, 5.41) is 5.23. The predicted molar refractivity (Wildman–Crippen MR) is 96.8 cm³/mol. The van der Waals surface area contributed by atoms with Crippen LogP contribution in [0.5, 0.6) is 5.75 Å². The number of nitrogens with one attached hydrogen (secondary N) is 2. The molecule has 148 valence electrons. The summed E-state index contributed by atoms with van der Waals surface area (Å²) >= 11 is 0. The average molecular weight is 395 g/mol. The number of hydrogen-bond acceptors (Lipinski definition) is 3. The average Bonchev–Trinajstić information content (AvgIpc) is 2.60. The molecular formula is C18H26ClF3N2O2. The molecule has 1 heterocycles. The minimum absolute atomic E-state index is 0. The van der Waals surface area contributed by atoms with Gasteiger partial charge in [0.1, 0.15) is 5.75 Å². The van der Waals surface area contributed by atoms with E-state index in [9.17, 15) is 18.0 Å². The number of unbranched alkanes of at least 4 members (excludes halogenated alkanes) is 1. The lowest BCUT2D eigenvalue weighted by Gasteiger charge is -2.25. The number of rotatable bonds is 7. The van der Waals surface area contributed by atoms with Crippen molar-refractivity contribution in [3.63, 3.8) is 0 Å². The summed E-state index contributed by atoms with van der Waals surface area (Å²) < 4.78 is 42.8. The topological polar surface area (TPSA) is 50.4 Å². The summed E-state index contributed by atoms with van der Waals surface area (Å²) in [5.74, 6) is -0.804. The van der Waals surface area contributed by atoms with E-state index in [1.165, 1.54) is 0 Å². The lowest BCUT2D eigenvalue weighted by atomic mass is 9.88. The van der Waals surface area contributed by atoms with Crippen molar-refractivity contribution >= 4 is 18.3 Å². The Morgan fingerprint density at radius 1 is 1.31 bits per heavy atom. The van der Waals surface area contributed by atoms with E-state index in [2.05, 4.69) is 12.2 Å². The monoisotopic (exact) mass is 394 g/mol. The van der Waals surface area contributed by atoms with Crippen LogP contribution in [0.4, 0.5) is 13.2 Å². The van der Waals surface area contributed by atoms with Crippen molar-refractivity contribution in [2.75, 3.05) is 19.7 Å². The first-order chi connectivity index (χ1) is 11.9. The van der Waals surface area contributed by atoms with Gasteiger partial charge in [0.05, 0.1) is 6.61 Å². The van der Waals surface area contributed by atoms with Crippen LogP contribution in [0.3, 0.4) is 0 Å². The number of halogens is 4. The van der Waals surface area contributed by atoms with Crippen molar-refractivity contribution in [1.29, 1.82) is 0 Å². The van der Waals surface area contributed by atoms with E-state index >= 15 is 0 Å². The van der Waals surface area contributed by atoms with Gasteiger partial charge in [0.2, 0.25) is 0 Å². The Hall–Kier alpha value is -1.47. The Morgan fingerprint density at radius 3 is 2.62 bits per heavy atom. The molecule has 1 saturated heterocycles. The van der Waals surface area contributed by atoms with Crippen LogP contribution in [0.25, 0.3) is 0 Å². The fourth-order valence-electron chi connectivity index (χ4n) is 2.90. The first-order valence-corrected chi connectivity index (χ1v) is 8.73. The first-order valence-electron chi connectivity index (χ1n) is 8.73. The molecule has 1 aliphatic rings. The molecule has 1 amide bonds. The van der Waals surface area contributed by atoms with Crippen LogP contribution in [-0.4, -0.2) is 31.8 Å². The second kappa shape index (κ2) is 10.6. The molecule has 0 saturated carbocycles. The van der Waals surface area contributed by atoms with Crippen molar-refractivity contribution in [2.45, 2.75) is 51.2 Å². The third-order valence-corrected chi connectivity index (χ3v) is 4.32. The van der Waals surface area contributed by atoms with Gasteiger partial charge in [0.25, 0.3) is 0 Å². The van der Waals surface area contributed by atoms with Crippen molar-refractivity contribution in [2.24, 2.45) is 0 Å². The largest absolute Gasteiger partial charge is 0.493 e. The number of carbonyl (C=O) groups excluding carboxylic acids is 1. The third-order valence-electron chi connectivity index (χ3n) is 4.32. The second-order valence-corrected chi connectivity index (χ2v) is 6.28. The maximum absolute atomic E-state index is 12.3. The summed E-state index contributed by atoms with van der Waals surface area (Å²) in [5.41, 5.74) is 1.67. The fourth-order valence-corrected chi connectivity index (χ4v) is 2.90. The smallest absolute Gasteiger partial charge is 0.471 e. The van der Waals surface area contributed by atoms with Crippen LogP contribution in [0.15, 0.2) is 18.2 Å². The van der Waals surface area contributed by atoms with Gasteiger partial charge in [-0.3, -0.25) is 4.79 Å². The van der Waals surface area contributed by atoms with Crippen molar-refractivity contribution in [3.05, 3.63) is 29.3 Å². The van der Waals surface area contributed by atoms with Gasteiger partial charge < -0.3 is 15.4 Å². The van der Waals surface area contributed by atoms with Gasteiger partial charge >= 0.3 is 12.1 Å². The molecule has 0 spiro atoms. The molecule has 1 aliphatic heterocycles. The lowest BCUT2D eigenvalue weighted by molar-refractivity contribution is -0.173. The lowest BCUT2D eigenvalue weighted by Crippen LogP contribution is -2.36. The molecule has 0 radical (unpaired) electrons. The van der Waals surface area contributed by atoms with Crippen LogP contribution in [-0.2, 0) is 11.3 Å². The van der Waals surface area contributed by atoms with Gasteiger partial charge in [-0.15, -0.1) is 12.4 Å². The van der Waals surface area contributed by atoms with E-state index in [1.54, 1.807) is 6.07 Å². The zero-order valence-corrected chi connectivity index (χ0v) is 15.6. The molecule has 1 aromatic carbocycles. The van der Waals surface area contributed by atoms with E-state index in [0.717, 1.165) is 50.1 Å². The minimum Gasteiger partial charge on any atom is -0.493 e. The minimum atomic E-state index is -4.86. The van der Waals surface area contributed by atoms with Gasteiger partial charge in [0, 0.05) is 6.54 Å². The van der Waals surface area contributed by atoms with E-state index in [4.69, 9.17) is 4.74 Å². The maximum Gasteiger partial charge on any atom is 0.471 e. The zero-order valence-electron chi connectivity index (χ0n) is 14.8. The molecule has 2 N–H and O–H groups in total. The highest BCUT2D eigenvalue weighted by atomic mass is 35.5. The molecule has 0 atom stereocenters. The molecule has 1 fully saturated rings. The van der Waals surface area contributed by atoms with Crippen molar-refractivity contribution in [3.8, 4) is 5.75 Å². The van der Waals surface area contributed by atoms with Crippen LogP contribution >= 0.6 is 12.4 Å². The van der Waals surface area contributed by atoms with E-state index in [-0.39, 0.29) is 19.0 Å². The predicted octanol–water partition coefficient (Wildman–Crippen LogP) is 3.93. The Balaban J connectivity index is 0.00000338. The Kier molecular flexibility index (Phi) is 9.22. The fraction of sp³-hybridized carbons (Fsp3) is 0.611. The molecule has 0 unspecified atom stereocenters. The molecule has 0 aromatic heterocycles.